The van der Waals surface area contributed by atoms with Gasteiger partial charge in [-0.1, -0.05) is 59.8 Å². The van der Waals surface area contributed by atoms with Gasteiger partial charge in [0.05, 0.1) is 53.2 Å². The van der Waals surface area contributed by atoms with Crippen LogP contribution in [0.3, 0.4) is 0 Å². The summed E-state index contributed by atoms with van der Waals surface area (Å²) in [6, 6.07) is 5.75. The lowest BCUT2D eigenvalue weighted by atomic mass is 9.78. The van der Waals surface area contributed by atoms with E-state index >= 15 is 0 Å². The summed E-state index contributed by atoms with van der Waals surface area (Å²) in [7, 11) is 1.42. The summed E-state index contributed by atoms with van der Waals surface area (Å²) >= 11 is 0. The number of aromatic hydroxyl groups is 1. The van der Waals surface area contributed by atoms with Gasteiger partial charge in [0, 0.05) is 106 Å². The Labute approximate surface area is 437 Å². The molecule has 9 rings (SSSR count). The van der Waals surface area contributed by atoms with Crippen LogP contribution in [0, 0.1) is 42.3 Å². The molecule has 9 atom stereocenters. The first kappa shape index (κ1) is 54.8. The first-order chi connectivity index (χ1) is 35.5. The molecular formula is C56H71FN6O12. The maximum atomic E-state index is 14.9. The van der Waals surface area contributed by atoms with Gasteiger partial charge >= 0.3 is 11.8 Å². The zero-order valence-electron chi connectivity index (χ0n) is 44.4. The number of carbonyl (C=O) groups excluding carboxylic acids is 5. The summed E-state index contributed by atoms with van der Waals surface area (Å²) in [6.07, 6.45) is 3.57. The van der Waals surface area contributed by atoms with E-state index in [1.54, 1.807) is 58.9 Å². The molecular weight excluding hydrogens is 968 g/mol. The molecule has 75 heavy (non-hydrogen) atoms. The predicted octanol–water partition coefficient (Wildman–Crippen LogP) is 5.45. The Balaban J connectivity index is 1.12. The van der Waals surface area contributed by atoms with Gasteiger partial charge in [0.2, 0.25) is 11.7 Å². The van der Waals surface area contributed by atoms with Crippen LogP contribution >= 0.6 is 0 Å². The molecule has 2 saturated heterocycles. The second kappa shape index (κ2) is 21.7. The molecule has 2 fully saturated rings. The number of hydrogen-bond donors (Lipinski definition) is 6. The summed E-state index contributed by atoms with van der Waals surface area (Å²) in [5.41, 5.74) is 0.179. The van der Waals surface area contributed by atoms with Crippen LogP contribution in [0.25, 0.3) is 0 Å². The third kappa shape index (κ3) is 10.9. The Hall–Kier alpha value is -6.41. The average Bonchev–Trinajstić information content (AvgIpc) is 3.86. The first-order valence-electron chi connectivity index (χ1n) is 25.9. The summed E-state index contributed by atoms with van der Waals surface area (Å²) in [6.45, 7) is 18.5. The van der Waals surface area contributed by atoms with Gasteiger partial charge in [-0.2, -0.15) is 0 Å². The van der Waals surface area contributed by atoms with E-state index in [1.807, 2.05) is 0 Å². The number of nitrogens with one attached hydrogen (secondary N) is 3. The number of fused-ring (bicyclic) bond motifs is 13. The Morgan fingerprint density at radius 1 is 0.947 bits per heavy atom. The van der Waals surface area contributed by atoms with Gasteiger partial charge in [-0.05, 0) is 50.1 Å². The molecule has 2 aromatic rings. The molecule has 7 aliphatic rings. The monoisotopic (exact) mass is 1040 g/mol. The fourth-order valence-electron chi connectivity index (χ4n) is 11.1. The van der Waals surface area contributed by atoms with Crippen molar-refractivity contribution in [2.24, 2.45) is 34.6 Å². The lowest BCUT2D eigenvalue weighted by molar-refractivity contribution is -0.166. The molecule has 1 aliphatic carbocycles. The normalized spacial score (nSPS) is 30.8. The molecule has 5 bridgehead atoms. The van der Waals surface area contributed by atoms with Crippen LogP contribution in [0.4, 0.5) is 10.1 Å². The fraction of sp³-hybridized carbons (Fsp3) is 0.536. The van der Waals surface area contributed by atoms with Crippen LogP contribution in [0.15, 0.2) is 76.8 Å². The van der Waals surface area contributed by atoms with Crippen molar-refractivity contribution in [3.63, 3.8) is 0 Å². The number of ketones is 2. The van der Waals surface area contributed by atoms with E-state index in [9.17, 15) is 43.7 Å². The van der Waals surface area contributed by atoms with Crippen molar-refractivity contribution < 1.29 is 62.6 Å². The van der Waals surface area contributed by atoms with Gasteiger partial charge in [-0.25, -0.2) is 4.39 Å². The highest BCUT2D eigenvalue weighted by molar-refractivity contribution is 6.34. The quantitative estimate of drug-likeness (QED) is 0.143. The molecule has 0 unspecified atom stereocenters. The van der Waals surface area contributed by atoms with Crippen molar-refractivity contribution in [2.45, 2.75) is 123 Å². The molecule has 1 spiro atoms. The summed E-state index contributed by atoms with van der Waals surface area (Å²) in [5, 5.41) is 45.1. The number of aliphatic hydroxyl groups is 2. The van der Waals surface area contributed by atoms with E-state index in [0.717, 1.165) is 6.54 Å². The van der Waals surface area contributed by atoms with E-state index < -0.39 is 101 Å². The van der Waals surface area contributed by atoms with Gasteiger partial charge < -0.3 is 60.0 Å². The van der Waals surface area contributed by atoms with Crippen molar-refractivity contribution in [3.05, 3.63) is 99.9 Å². The van der Waals surface area contributed by atoms with Gasteiger partial charge in [0.1, 0.15) is 41.2 Å². The molecule has 0 radical (unpaired) electrons. The average molecular weight is 1040 g/mol. The van der Waals surface area contributed by atoms with Crippen molar-refractivity contribution in [3.8, 4) is 11.5 Å². The summed E-state index contributed by atoms with van der Waals surface area (Å²) < 4.78 is 38.0. The lowest BCUT2D eigenvalue weighted by Crippen LogP contribution is -2.57. The standard InChI is InChI=1S/C56H71FN6O12/c1-28(2)25-62-21-19-56(20-22-62)60-44-41-42-49(68)34(8)52-43(41)53(70)55(9,75-52)73-23-18-38(72-10)31(5)51(74-40(65)24-39(64)63-26-37(27-63)58-36-16-14-35(57)15-17-36)33(7)48(67)32(6)47(66)29(3)12-11-13-30(4)54(71)59-46(50(42)69)45(44)61-56/h11-18,23,28-29,31-33,37-38,47-48,51,58,61,66-68H,19-22,24-27H2,1-10H3,(H,59,71)/b12-11+,23-18+,30-13-/t29-,31+,32+,33+,38+,47-,48+,51+,55-/m0/s1. The predicted molar refractivity (Wildman–Crippen MR) is 276 cm³/mol. The van der Waals surface area contributed by atoms with Gasteiger partial charge in [0.15, 0.2) is 0 Å². The minimum atomic E-state index is -2.05. The topological polar surface area (TPSA) is 238 Å². The van der Waals surface area contributed by atoms with Gasteiger partial charge in [-0.3, -0.25) is 29.0 Å². The number of piperidine rings is 1. The minimum Gasteiger partial charge on any atom is -0.507 e. The number of esters is 1. The maximum absolute atomic E-state index is 14.9. The number of allylic oxidation sites excluding steroid dienone is 4. The van der Waals surface area contributed by atoms with Crippen LogP contribution in [-0.2, 0) is 28.6 Å². The number of phenols is 1. The number of aliphatic hydroxyl groups excluding tert-OH is 2. The van der Waals surface area contributed by atoms with Crippen LogP contribution in [0.5, 0.6) is 11.5 Å². The maximum Gasteiger partial charge on any atom is 0.315 e. The van der Waals surface area contributed by atoms with E-state index in [0.29, 0.717) is 50.6 Å². The van der Waals surface area contributed by atoms with Crippen LogP contribution in [-0.4, -0.2) is 142 Å². The van der Waals surface area contributed by atoms with Gasteiger partial charge in [-0.15, -0.1) is 0 Å². The summed E-state index contributed by atoms with van der Waals surface area (Å²) in [5.74, 6) is -8.79. The smallest absolute Gasteiger partial charge is 0.315 e. The number of ether oxygens (including phenoxy) is 4. The van der Waals surface area contributed by atoms with E-state index in [4.69, 9.17) is 23.9 Å². The van der Waals surface area contributed by atoms with Crippen LogP contribution in [0.2, 0.25) is 0 Å². The highest BCUT2D eigenvalue weighted by atomic mass is 19.1. The number of likely N-dealkylation sites (tertiary alicyclic amines) is 2. The molecule has 0 aromatic heterocycles. The van der Waals surface area contributed by atoms with E-state index in [-0.39, 0.29) is 62.5 Å². The van der Waals surface area contributed by atoms with Crippen molar-refractivity contribution in [1.82, 2.24) is 20.4 Å². The number of benzene rings is 2. The molecule has 404 valence electrons. The number of rotatable bonds is 8. The van der Waals surface area contributed by atoms with Crippen LogP contribution in [0.1, 0.15) is 106 Å². The largest absolute Gasteiger partial charge is 0.507 e. The minimum absolute atomic E-state index is 0.0114. The highest BCUT2D eigenvalue weighted by Crippen LogP contribution is 2.50. The number of aliphatic imine (C=N–C) groups is 1. The number of Topliss-reactive ketones (excluding diaryl/α,β-unsaturated/α-hetero) is 2. The number of phenolic OH excluding ortho intramolecular Hbond substituents is 1. The Morgan fingerprint density at radius 2 is 1.63 bits per heavy atom. The summed E-state index contributed by atoms with van der Waals surface area (Å²) in [4.78, 5) is 80.0. The lowest BCUT2D eigenvalue weighted by Gasteiger charge is -2.40. The number of halogens is 1. The highest BCUT2D eigenvalue weighted by Gasteiger charge is 2.54. The molecule has 6 aliphatic heterocycles. The third-order valence-electron chi connectivity index (χ3n) is 15.7. The zero-order chi connectivity index (χ0) is 54.4. The number of hydrogen-bond acceptors (Lipinski definition) is 16. The van der Waals surface area contributed by atoms with E-state index in [2.05, 4.69) is 34.7 Å². The number of methoxy groups -OCH3 is 1. The van der Waals surface area contributed by atoms with Gasteiger partial charge in [0.25, 0.3) is 11.7 Å². The molecule has 6 heterocycles. The molecule has 6 N–H and O–H groups in total. The Bertz CT molecular complexity index is 2760. The third-order valence-corrected chi connectivity index (χ3v) is 15.7. The number of anilines is 1. The zero-order valence-corrected chi connectivity index (χ0v) is 44.4. The second-order valence-corrected chi connectivity index (χ2v) is 21.7. The first-order valence-corrected chi connectivity index (χ1v) is 25.9. The number of carbonyl (C=O) groups is 5. The second-order valence-electron chi connectivity index (χ2n) is 21.7. The molecule has 18 nitrogen and oxygen atoms in total. The van der Waals surface area contributed by atoms with Crippen LogP contribution < -0.4 is 20.7 Å². The SMILES string of the molecule is CO[C@@H]1/C=C/O[C@@]2(C)Oc3c(C)c(O)c4c(c3C2=O)C2=NC3(CCN(CC(C)C)CC3)NC2=C(NC(=O)/C(C)=C\C=C\[C@H](C)[C@H](O)[C@@H](C)[C@@H](O)[C@@H](C)[C@H](OC(=O)CC(=O)N2CC(Nc3ccc(F)cc3)C2)[C@@H]1C)C4=O. The Kier molecular flexibility index (Phi) is 15.8. The number of nitrogens with zero attached hydrogens (tertiary/aromatic N) is 3. The van der Waals surface area contributed by atoms with Crippen molar-refractivity contribution >= 4 is 40.7 Å². The van der Waals surface area contributed by atoms with E-state index in [1.165, 1.54) is 56.4 Å². The molecule has 19 heteroatoms. The Morgan fingerprint density at radius 3 is 2.28 bits per heavy atom. The molecule has 0 saturated carbocycles. The number of amides is 2. The molecule has 2 aromatic carbocycles. The van der Waals surface area contributed by atoms with Crippen molar-refractivity contribution in [2.75, 3.05) is 45.2 Å². The fourth-order valence-corrected chi connectivity index (χ4v) is 11.1. The van der Waals surface area contributed by atoms with Crippen molar-refractivity contribution in [1.29, 1.82) is 0 Å². The molecule has 2 amide bonds.